The van der Waals surface area contributed by atoms with Gasteiger partial charge in [-0.1, -0.05) is 11.3 Å². The molecule has 4 heteroatoms. The van der Waals surface area contributed by atoms with Crippen molar-refractivity contribution in [3.05, 3.63) is 30.0 Å². The Balaban J connectivity index is 2.11. The second-order valence-corrected chi connectivity index (χ2v) is 3.79. The van der Waals surface area contributed by atoms with E-state index in [-0.39, 0.29) is 0 Å². The average molecular weight is 200 g/mol. The van der Waals surface area contributed by atoms with E-state index >= 15 is 0 Å². The Kier molecular flexibility index (Phi) is 1.74. The van der Waals surface area contributed by atoms with Gasteiger partial charge in [0.25, 0.3) is 0 Å². The standard InChI is InChI=1S/C11H12N4/c1-15-11(7-13-14-15)9-2-3-10-8(6-9)4-5-12-10/h2-3,6-7,12H,4-5H2,1H3. The van der Waals surface area contributed by atoms with E-state index in [1.807, 2.05) is 7.05 Å². The van der Waals surface area contributed by atoms with E-state index in [0.29, 0.717) is 0 Å². The van der Waals surface area contributed by atoms with Gasteiger partial charge in [-0.3, -0.25) is 0 Å². The van der Waals surface area contributed by atoms with Crippen LogP contribution in [-0.4, -0.2) is 21.5 Å². The topological polar surface area (TPSA) is 42.7 Å². The Labute approximate surface area is 87.9 Å². The van der Waals surface area contributed by atoms with Crippen molar-refractivity contribution in [2.75, 3.05) is 11.9 Å². The molecule has 1 aromatic carbocycles. The van der Waals surface area contributed by atoms with Crippen LogP contribution in [0.25, 0.3) is 11.3 Å². The van der Waals surface area contributed by atoms with Crippen molar-refractivity contribution in [2.24, 2.45) is 7.05 Å². The summed E-state index contributed by atoms with van der Waals surface area (Å²) >= 11 is 0. The molecule has 0 radical (unpaired) electrons. The SMILES string of the molecule is Cn1nncc1-c1ccc2c(c1)CCN2. The fourth-order valence-electron chi connectivity index (χ4n) is 2.02. The van der Waals surface area contributed by atoms with Gasteiger partial charge >= 0.3 is 0 Å². The molecule has 76 valence electrons. The van der Waals surface area contributed by atoms with Crippen molar-refractivity contribution in [3.8, 4) is 11.3 Å². The van der Waals surface area contributed by atoms with E-state index < -0.39 is 0 Å². The van der Waals surface area contributed by atoms with Gasteiger partial charge in [-0.15, -0.1) is 5.10 Å². The minimum atomic E-state index is 1.04. The number of nitrogens with one attached hydrogen (secondary N) is 1. The van der Waals surface area contributed by atoms with Crippen molar-refractivity contribution in [2.45, 2.75) is 6.42 Å². The quantitative estimate of drug-likeness (QED) is 0.757. The summed E-state index contributed by atoms with van der Waals surface area (Å²) in [7, 11) is 1.91. The Bertz CT molecular complexity index is 501. The highest BCUT2D eigenvalue weighted by Gasteiger charge is 2.11. The van der Waals surface area contributed by atoms with Gasteiger partial charge in [-0.2, -0.15) is 0 Å². The summed E-state index contributed by atoms with van der Waals surface area (Å²) in [4.78, 5) is 0. The van der Waals surface area contributed by atoms with E-state index in [9.17, 15) is 0 Å². The lowest BCUT2D eigenvalue weighted by Gasteiger charge is -2.04. The molecule has 4 nitrogen and oxygen atoms in total. The highest BCUT2D eigenvalue weighted by molar-refractivity contribution is 5.67. The molecule has 0 saturated carbocycles. The molecule has 0 aliphatic carbocycles. The van der Waals surface area contributed by atoms with Crippen LogP contribution in [-0.2, 0) is 13.5 Å². The summed E-state index contributed by atoms with van der Waals surface area (Å²) in [5.74, 6) is 0. The Morgan fingerprint density at radius 3 is 3.13 bits per heavy atom. The highest BCUT2D eigenvalue weighted by Crippen LogP contribution is 2.27. The van der Waals surface area contributed by atoms with Crippen LogP contribution in [0.5, 0.6) is 0 Å². The maximum absolute atomic E-state index is 3.94. The predicted octanol–water partition coefficient (Wildman–Crippen LogP) is 1.45. The van der Waals surface area contributed by atoms with Crippen LogP contribution in [0.1, 0.15) is 5.56 Å². The molecular formula is C11H12N4. The third-order valence-corrected chi connectivity index (χ3v) is 2.83. The number of fused-ring (bicyclic) bond motifs is 1. The van der Waals surface area contributed by atoms with Gasteiger partial charge in [0, 0.05) is 24.8 Å². The maximum atomic E-state index is 3.94. The first-order valence-corrected chi connectivity index (χ1v) is 5.06. The second kappa shape index (κ2) is 3.08. The number of aromatic nitrogens is 3. The molecule has 0 fully saturated rings. The van der Waals surface area contributed by atoms with Gasteiger partial charge in [0.1, 0.15) is 0 Å². The first-order chi connectivity index (χ1) is 7.34. The van der Waals surface area contributed by atoms with Crippen molar-refractivity contribution in [1.82, 2.24) is 15.0 Å². The minimum Gasteiger partial charge on any atom is -0.384 e. The summed E-state index contributed by atoms with van der Waals surface area (Å²) < 4.78 is 1.80. The Morgan fingerprint density at radius 1 is 1.40 bits per heavy atom. The maximum Gasteiger partial charge on any atom is 0.0882 e. The Morgan fingerprint density at radius 2 is 2.33 bits per heavy atom. The average Bonchev–Trinajstić information content (AvgIpc) is 2.84. The third kappa shape index (κ3) is 1.29. The lowest BCUT2D eigenvalue weighted by atomic mass is 10.1. The fraction of sp³-hybridized carbons (Fsp3) is 0.273. The summed E-state index contributed by atoms with van der Waals surface area (Å²) in [6.07, 6.45) is 2.90. The van der Waals surface area contributed by atoms with Crippen LogP contribution >= 0.6 is 0 Å². The van der Waals surface area contributed by atoms with E-state index in [2.05, 4.69) is 33.8 Å². The molecule has 0 bridgehead atoms. The van der Waals surface area contributed by atoms with E-state index in [4.69, 9.17) is 0 Å². The lowest BCUT2D eigenvalue weighted by molar-refractivity contribution is 0.720. The number of aryl methyl sites for hydroxylation is 1. The number of hydrogen-bond donors (Lipinski definition) is 1. The molecule has 1 aliphatic rings. The molecule has 1 aliphatic heterocycles. The predicted molar refractivity (Wildman–Crippen MR) is 58.6 cm³/mol. The molecule has 0 unspecified atom stereocenters. The van der Waals surface area contributed by atoms with Gasteiger partial charge in [0.15, 0.2) is 0 Å². The van der Waals surface area contributed by atoms with Crippen LogP contribution < -0.4 is 5.32 Å². The Hall–Kier alpha value is -1.84. The van der Waals surface area contributed by atoms with Crippen molar-refractivity contribution >= 4 is 5.69 Å². The smallest absolute Gasteiger partial charge is 0.0882 e. The molecule has 15 heavy (non-hydrogen) atoms. The normalized spacial score (nSPS) is 13.7. The third-order valence-electron chi connectivity index (χ3n) is 2.83. The molecule has 0 spiro atoms. The van der Waals surface area contributed by atoms with Gasteiger partial charge < -0.3 is 5.32 Å². The zero-order valence-electron chi connectivity index (χ0n) is 8.57. The molecule has 1 N–H and O–H groups in total. The molecule has 0 atom stereocenters. The van der Waals surface area contributed by atoms with E-state index in [1.54, 1.807) is 10.9 Å². The summed E-state index contributed by atoms with van der Waals surface area (Å²) in [6.45, 7) is 1.04. The van der Waals surface area contributed by atoms with Crippen molar-refractivity contribution in [3.63, 3.8) is 0 Å². The largest absolute Gasteiger partial charge is 0.384 e. The monoisotopic (exact) mass is 200 g/mol. The van der Waals surface area contributed by atoms with Crippen LogP contribution in [0.15, 0.2) is 24.4 Å². The van der Waals surface area contributed by atoms with Crippen LogP contribution in [0.4, 0.5) is 5.69 Å². The zero-order chi connectivity index (χ0) is 10.3. The molecule has 2 heterocycles. The summed E-state index contributed by atoms with van der Waals surface area (Å²) in [6, 6.07) is 6.45. The van der Waals surface area contributed by atoms with Crippen LogP contribution in [0.2, 0.25) is 0 Å². The molecular weight excluding hydrogens is 188 g/mol. The molecule has 0 saturated heterocycles. The van der Waals surface area contributed by atoms with Crippen molar-refractivity contribution < 1.29 is 0 Å². The molecule has 2 aromatic rings. The van der Waals surface area contributed by atoms with Gasteiger partial charge in [0.05, 0.1) is 11.9 Å². The van der Waals surface area contributed by atoms with Crippen LogP contribution in [0, 0.1) is 0 Å². The number of benzene rings is 1. The minimum absolute atomic E-state index is 1.04. The summed E-state index contributed by atoms with van der Waals surface area (Å²) in [5.41, 5.74) is 4.89. The first kappa shape index (κ1) is 8.47. The lowest BCUT2D eigenvalue weighted by Crippen LogP contribution is -1.94. The van der Waals surface area contributed by atoms with Crippen molar-refractivity contribution in [1.29, 1.82) is 0 Å². The van der Waals surface area contributed by atoms with Gasteiger partial charge in [-0.05, 0) is 24.1 Å². The first-order valence-electron chi connectivity index (χ1n) is 5.06. The van der Waals surface area contributed by atoms with Gasteiger partial charge in [0.2, 0.25) is 0 Å². The fourth-order valence-corrected chi connectivity index (χ4v) is 2.02. The number of rotatable bonds is 1. The van der Waals surface area contributed by atoms with Crippen LogP contribution in [0.3, 0.4) is 0 Å². The summed E-state index contributed by atoms with van der Waals surface area (Å²) in [5, 5.41) is 11.2. The molecule has 1 aromatic heterocycles. The number of hydrogen-bond acceptors (Lipinski definition) is 3. The van der Waals surface area contributed by atoms with E-state index in [1.165, 1.54) is 16.8 Å². The highest BCUT2D eigenvalue weighted by atomic mass is 15.4. The van der Waals surface area contributed by atoms with E-state index in [0.717, 1.165) is 18.7 Å². The second-order valence-electron chi connectivity index (χ2n) is 3.79. The van der Waals surface area contributed by atoms with Gasteiger partial charge in [-0.25, -0.2) is 4.68 Å². The molecule has 3 rings (SSSR count). The number of anilines is 1. The molecule has 0 amide bonds. The number of nitrogens with zero attached hydrogens (tertiary/aromatic N) is 3. The zero-order valence-corrected chi connectivity index (χ0v) is 8.57.